The number of hydrogen-bond acceptors (Lipinski definition) is 3. The van der Waals surface area contributed by atoms with Gasteiger partial charge in [0.2, 0.25) is 0 Å². The number of fused-ring (bicyclic) bond motifs is 1. The first kappa shape index (κ1) is 21.1. The fraction of sp³-hybridized carbons (Fsp3) is 0.214. The molecule has 0 saturated carbocycles. The minimum Gasteiger partial charge on any atom is -0.368 e. The van der Waals surface area contributed by atoms with E-state index < -0.39 is 0 Å². The highest BCUT2D eigenvalue weighted by molar-refractivity contribution is 6.07. The van der Waals surface area contributed by atoms with Crippen molar-refractivity contribution < 1.29 is 9.18 Å². The molecule has 0 radical (unpaired) electrons. The van der Waals surface area contributed by atoms with Crippen molar-refractivity contribution in [3.05, 3.63) is 95.3 Å². The fourth-order valence-electron chi connectivity index (χ4n) is 4.58. The number of aryl methyl sites for hydroxylation is 2. The summed E-state index contributed by atoms with van der Waals surface area (Å²) in [6, 6.07) is 22.6. The van der Waals surface area contributed by atoms with Gasteiger partial charge in [-0.1, -0.05) is 42.0 Å². The maximum Gasteiger partial charge on any atom is 0.254 e. The molecule has 0 unspecified atom stereocenters. The summed E-state index contributed by atoms with van der Waals surface area (Å²) in [5, 5.41) is 0.872. The summed E-state index contributed by atoms with van der Waals surface area (Å²) in [6.45, 7) is 6.81. The van der Waals surface area contributed by atoms with Crippen molar-refractivity contribution >= 4 is 22.5 Å². The average Bonchev–Trinajstić information content (AvgIpc) is 2.83. The Labute approximate surface area is 193 Å². The third-order valence-electron chi connectivity index (χ3n) is 6.36. The number of halogens is 1. The van der Waals surface area contributed by atoms with Crippen LogP contribution in [0, 0.1) is 19.7 Å². The minimum atomic E-state index is -0.239. The average molecular weight is 440 g/mol. The molecule has 0 N–H and O–H groups in total. The smallest absolute Gasteiger partial charge is 0.254 e. The van der Waals surface area contributed by atoms with Crippen LogP contribution in [0.2, 0.25) is 0 Å². The molecule has 1 aliphatic rings. The van der Waals surface area contributed by atoms with Gasteiger partial charge in [-0.25, -0.2) is 9.37 Å². The quantitative estimate of drug-likeness (QED) is 0.416. The van der Waals surface area contributed by atoms with Gasteiger partial charge in [-0.3, -0.25) is 4.79 Å². The third kappa shape index (κ3) is 4.19. The Morgan fingerprint density at radius 1 is 0.879 bits per heavy atom. The Bertz CT molecular complexity index is 1330. The van der Waals surface area contributed by atoms with Crippen LogP contribution in [0.4, 0.5) is 10.1 Å². The van der Waals surface area contributed by atoms with Gasteiger partial charge in [-0.15, -0.1) is 0 Å². The van der Waals surface area contributed by atoms with Crippen molar-refractivity contribution in [2.75, 3.05) is 31.1 Å². The molecule has 0 aliphatic carbocycles. The largest absolute Gasteiger partial charge is 0.368 e. The number of aromatic nitrogens is 1. The second-order valence-corrected chi connectivity index (χ2v) is 8.65. The zero-order valence-corrected chi connectivity index (χ0v) is 18.9. The van der Waals surface area contributed by atoms with Gasteiger partial charge in [0.25, 0.3) is 5.91 Å². The van der Waals surface area contributed by atoms with Crippen molar-refractivity contribution in [2.45, 2.75) is 13.8 Å². The van der Waals surface area contributed by atoms with Gasteiger partial charge >= 0.3 is 0 Å². The van der Waals surface area contributed by atoms with Crippen molar-refractivity contribution in [1.82, 2.24) is 9.88 Å². The highest BCUT2D eigenvalue weighted by Crippen LogP contribution is 2.29. The van der Waals surface area contributed by atoms with Crippen LogP contribution in [0.25, 0.3) is 22.2 Å². The van der Waals surface area contributed by atoms with Crippen molar-refractivity contribution in [1.29, 1.82) is 0 Å². The molecule has 1 aliphatic heterocycles. The number of pyridine rings is 1. The van der Waals surface area contributed by atoms with Crippen LogP contribution in [-0.2, 0) is 0 Å². The summed E-state index contributed by atoms with van der Waals surface area (Å²) in [6.07, 6.45) is 0. The third-order valence-corrected chi connectivity index (χ3v) is 6.36. The van der Waals surface area contributed by atoms with Crippen LogP contribution in [0.1, 0.15) is 21.5 Å². The molecule has 0 spiro atoms. The van der Waals surface area contributed by atoms with Crippen LogP contribution < -0.4 is 4.90 Å². The summed E-state index contributed by atoms with van der Waals surface area (Å²) in [5.41, 5.74) is 6.70. The predicted octanol–water partition coefficient (Wildman–Crippen LogP) is 5.62. The Hall–Kier alpha value is -3.73. The highest BCUT2D eigenvalue weighted by Gasteiger charge is 2.24. The van der Waals surface area contributed by atoms with Gasteiger partial charge in [0, 0.05) is 42.8 Å². The van der Waals surface area contributed by atoms with E-state index in [1.165, 1.54) is 17.7 Å². The number of para-hydroxylation sites is 1. The number of hydrogen-bond donors (Lipinski definition) is 0. The number of anilines is 1. The molecule has 5 heteroatoms. The molecule has 0 atom stereocenters. The molecule has 4 aromatic rings. The van der Waals surface area contributed by atoms with Crippen molar-refractivity contribution in [3.63, 3.8) is 0 Å². The summed E-state index contributed by atoms with van der Waals surface area (Å²) in [4.78, 5) is 22.6. The molecule has 0 bridgehead atoms. The zero-order valence-electron chi connectivity index (χ0n) is 18.9. The van der Waals surface area contributed by atoms with Gasteiger partial charge in [0.15, 0.2) is 0 Å². The first-order valence-corrected chi connectivity index (χ1v) is 11.3. The molecule has 3 aromatic carbocycles. The summed E-state index contributed by atoms with van der Waals surface area (Å²) in [5.74, 6) is -0.213. The molecule has 5 rings (SSSR count). The number of nitrogens with zero attached hydrogens (tertiary/aromatic N) is 3. The van der Waals surface area contributed by atoms with E-state index in [9.17, 15) is 9.18 Å². The van der Waals surface area contributed by atoms with E-state index in [2.05, 4.69) is 36.9 Å². The van der Waals surface area contributed by atoms with E-state index in [0.717, 1.165) is 33.4 Å². The monoisotopic (exact) mass is 439 g/mol. The lowest BCUT2D eigenvalue weighted by molar-refractivity contribution is 0.0748. The van der Waals surface area contributed by atoms with Gasteiger partial charge in [-0.05, 0) is 55.8 Å². The van der Waals surface area contributed by atoms with Crippen LogP contribution in [0.5, 0.6) is 0 Å². The lowest BCUT2D eigenvalue weighted by Crippen LogP contribution is -2.48. The highest BCUT2D eigenvalue weighted by atomic mass is 19.1. The molecular formula is C28H26FN3O. The van der Waals surface area contributed by atoms with Gasteiger partial charge in [-0.2, -0.15) is 0 Å². The maximum atomic E-state index is 13.7. The molecule has 2 heterocycles. The fourth-order valence-corrected chi connectivity index (χ4v) is 4.58. The van der Waals surface area contributed by atoms with Crippen LogP contribution in [0.3, 0.4) is 0 Å². The van der Waals surface area contributed by atoms with Crippen molar-refractivity contribution in [3.8, 4) is 11.3 Å². The second kappa shape index (κ2) is 8.66. The summed E-state index contributed by atoms with van der Waals surface area (Å²) < 4.78 is 13.3. The van der Waals surface area contributed by atoms with E-state index in [0.29, 0.717) is 31.7 Å². The molecule has 1 amide bonds. The molecule has 33 heavy (non-hydrogen) atoms. The van der Waals surface area contributed by atoms with E-state index in [-0.39, 0.29) is 11.7 Å². The topological polar surface area (TPSA) is 36.4 Å². The number of carbonyl (C=O) groups is 1. The molecule has 4 nitrogen and oxygen atoms in total. The molecule has 1 saturated heterocycles. The molecule has 166 valence electrons. The first-order valence-electron chi connectivity index (χ1n) is 11.3. The lowest BCUT2D eigenvalue weighted by atomic mass is 9.99. The normalized spacial score (nSPS) is 14.0. The second-order valence-electron chi connectivity index (χ2n) is 8.65. The van der Waals surface area contributed by atoms with Gasteiger partial charge < -0.3 is 9.80 Å². The SMILES string of the molecule is Cc1ccc(-c2cc(C(=O)N3CCN(c4ccc(F)cc4)CC3)c3ccccc3n2)c(C)c1. The maximum absolute atomic E-state index is 13.7. The number of benzene rings is 3. The predicted molar refractivity (Wildman–Crippen MR) is 131 cm³/mol. The number of piperazine rings is 1. The molecule has 1 aromatic heterocycles. The van der Waals surface area contributed by atoms with Gasteiger partial charge in [0.1, 0.15) is 5.82 Å². The Morgan fingerprint density at radius 2 is 1.61 bits per heavy atom. The van der Waals surface area contributed by atoms with E-state index in [4.69, 9.17) is 4.98 Å². The number of carbonyl (C=O) groups excluding carboxylic acids is 1. The van der Waals surface area contributed by atoms with E-state index >= 15 is 0 Å². The zero-order chi connectivity index (χ0) is 22.9. The van der Waals surface area contributed by atoms with E-state index in [1.807, 2.05) is 35.2 Å². The van der Waals surface area contributed by atoms with Gasteiger partial charge in [0.05, 0.1) is 16.8 Å². The Kier molecular flexibility index (Phi) is 5.55. The number of rotatable bonds is 3. The first-order chi connectivity index (χ1) is 16.0. The standard InChI is InChI=1S/C28H26FN3O/c1-19-7-12-23(20(2)17-19)27-18-25(24-5-3-4-6-26(24)30-27)28(33)32-15-13-31(14-16-32)22-10-8-21(29)9-11-22/h3-12,17-18H,13-16H2,1-2H3. The van der Waals surface area contributed by atoms with Crippen LogP contribution in [-0.4, -0.2) is 42.0 Å². The van der Waals surface area contributed by atoms with Crippen LogP contribution >= 0.6 is 0 Å². The molecule has 1 fully saturated rings. The number of amides is 1. The Morgan fingerprint density at radius 3 is 2.33 bits per heavy atom. The molecular weight excluding hydrogens is 413 g/mol. The minimum absolute atomic E-state index is 0.0263. The van der Waals surface area contributed by atoms with Crippen molar-refractivity contribution in [2.24, 2.45) is 0 Å². The summed E-state index contributed by atoms with van der Waals surface area (Å²) in [7, 11) is 0. The summed E-state index contributed by atoms with van der Waals surface area (Å²) >= 11 is 0. The van der Waals surface area contributed by atoms with Crippen LogP contribution in [0.15, 0.2) is 72.8 Å². The lowest BCUT2D eigenvalue weighted by Gasteiger charge is -2.36. The van der Waals surface area contributed by atoms with E-state index in [1.54, 1.807) is 12.1 Å². The Balaban J connectivity index is 1.45.